The van der Waals surface area contributed by atoms with Gasteiger partial charge >= 0.3 is 0 Å². The second-order valence-electron chi connectivity index (χ2n) is 10.1. The zero-order valence-electron chi connectivity index (χ0n) is 22.7. The van der Waals surface area contributed by atoms with Gasteiger partial charge in [0, 0.05) is 78.5 Å². The Labute approximate surface area is 223 Å². The molecular formula is C28H48N4O5. The van der Waals surface area contributed by atoms with Crippen LogP contribution in [0.3, 0.4) is 0 Å². The van der Waals surface area contributed by atoms with Gasteiger partial charge in [0.25, 0.3) is 0 Å². The van der Waals surface area contributed by atoms with Crippen molar-refractivity contribution in [3.8, 4) is 0 Å². The van der Waals surface area contributed by atoms with Crippen molar-refractivity contribution >= 4 is 0 Å². The predicted molar refractivity (Wildman–Crippen MR) is 144 cm³/mol. The highest BCUT2D eigenvalue weighted by molar-refractivity contribution is 5.22. The Hall–Kier alpha value is -1.14. The molecule has 10 aliphatic heterocycles. The van der Waals surface area contributed by atoms with Gasteiger partial charge in [0.05, 0.1) is 66.1 Å². The average molecular weight is 521 g/mol. The zero-order chi connectivity index (χ0) is 25.4. The number of nitrogens with zero attached hydrogens (tertiary/aromatic N) is 4. The van der Waals surface area contributed by atoms with Crippen molar-refractivity contribution in [2.45, 2.75) is 13.1 Å². The van der Waals surface area contributed by atoms with Gasteiger partial charge in [0.2, 0.25) is 0 Å². The Morgan fingerprint density at radius 1 is 0.324 bits per heavy atom. The molecule has 0 spiro atoms. The van der Waals surface area contributed by atoms with Crippen LogP contribution < -0.4 is 0 Å². The Kier molecular flexibility index (Phi) is 13.6. The molecule has 0 N–H and O–H groups in total. The van der Waals surface area contributed by atoms with E-state index in [0.717, 1.165) is 145 Å². The maximum atomic E-state index is 6.02. The molecule has 0 aromatic heterocycles. The fourth-order valence-corrected chi connectivity index (χ4v) is 4.92. The molecule has 6 bridgehead atoms. The minimum absolute atomic E-state index is 0.725. The summed E-state index contributed by atoms with van der Waals surface area (Å²) in [6, 6.07) is 9.08. The largest absolute Gasteiger partial charge is 0.379 e. The van der Waals surface area contributed by atoms with E-state index in [9.17, 15) is 0 Å². The molecule has 2 saturated heterocycles. The van der Waals surface area contributed by atoms with E-state index in [1.807, 2.05) is 0 Å². The molecule has 0 unspecified atom stereocenters. The topological polar surface area (TPSA) is 59.1 Å². The molecule has 0 aliphatic carbocycles. The van der Waals surface area contributed by atoms with Crippen LogP contribution in [-0.4, -0.2) is 151 Å². The molecule has 11 rings (SSSR count). The number of ether oxygens (including phenoxy) is 5. The van der Waals surface area contributed by atoms with Crippen LogP contribution in [0, 0.1) is 0 Å². The number of hydrogen-bond donors (Lipinski definition) is 0. The van der Waals surface area contributed by atoms with E-state index in [1.54, 1.807) is 0 Å². The van der Waals surface area contributed by atoms with E-state index in [4.69, 9.17) is 23.7 Å². The molecule has 2 fully saturated rings. The van der Waals surface area contributed by atoms with Crippen molar-refractivity contribution in [1.29, 1.82) is 0 Å². The van der Waals surface area contributed by atoms with Gasteiger partial charge < -0.3 is 23.7 Å². The Bertz CT molecular complexity index is 638. The van der Waals surface area contributed by atoms with Gasteiger partial charge in [-0.15, -0.1) is 0 Å². The van der Waals surface area contributed by atoms with E-state index in [-0.39, 0.29) is 0 Å². The molecule has 1 aromatic rings. The minimum Gasteiger partial charge on any atom is -0.379 e. The molecule has 10 aliphatic rings. The van der Waals surface area contributed by atoms with Gasteiger partial charge in [-0.3, -0.25) is 19.6 Å². The molecule has 1 aromatic carbocycles. The van der Waals surface area contributed by atoms with Gasteiger partial charge in [0.15, 0.2) is 0 Å². The fourth-order valence-electron chi connectivity index (χ4n) is 4.92. The normalized spacial score (nSPS) is 31.0. The third kappa shape index (κ3) is 11.6. The third-order valence-electron chi connectivity index (χ3n) is 7.35. The molecule has 37 heavy (non-hydrogen) atoms. The van der Waals surface area contributed by atoms with Crippen molar-refractivity contribution in [2.75, 3.05) is 132 Å². The van der Waals surface area contributed by atoms with Crippen molar-refractivity contribution < 1.29 is 23.7 Å². The lowest BCUT2D eigenvalue weighted by Gasteiger charge is -2.26. The van der Waals surface area contributed by atoms with E-state index in [2.05, 4.69) is 43.9 Å². The second kappa shape index (κ2) is 17.4. The summed E-state index contributed by atoms with van der Waals surface area (Å²) in [5.74, 6) is 0. The molecule has 10 heterocycles. The first-order valence-corrected chi connectivity index (χ1v) is 14.2. The lowest BCUT2D eigenvalue weighted by atomic mass is 10.1. The molecule has 0 amide bonds. The van der Waals surface area contributed by atoms with Gasteiger partial charge in [0.1, 0.15) is 0 Å². The van der Waals surface area contributed by atoms with Gasteiger partial charge in [-0.05, 0) is 11.1 Å². The minimum atomic E-state index is 0.725. The lowest BCUT2D eigenvalue weighted by molar-refractivity contribution is 0.0164. The second-order valence-corrected chi connectivity index (χ2v) is 10.1. The van der Waals surface area contributed by atoms with E-state index in [1.165, 1.54) is 11.1 Å². The predicted octanol–water partition coefficient (Wildman–Crippen LogP) is 1.02. The van der Waals surface area contributed by atoms with Crippen LogP contribution in [0.15, 0.2) is 24.3 Å². The van der Waals surface area contributed by atoms with E-state index < -0.39 is 0 Å². The first-order chi connectivity index (χ1) is 18.3. The maximum Gasteiger partial charge on any atom is 0.0594 e. The standard InChI is InChI=1S/C28H48N4O5/c1-2-28-4-3-27(1)25-31-11-21-34-17-7-29(8-18-35-22-12-31)5-15-33-16-6-30-9-19-36-23-13-32(26-28)14-24-37-20-10-30/h1-4H,5-26H2. The average Bonchev–Trinajstić information content (AvgIpc) is 2.89. The first-order valence-electron chi connectivity index (χ1n) is 14.2. The van der Waals surface area contributed by atoms with Crippen molar-refractivity contribution in [1.82, 2.24) is 19.6 Å². The van der Waals surface area contributed by atoms with Gasteiger partial charge in [-0.1, -0.05) is 24.3 Å². The van der Waals surface area contributed by atoms with Crippen LogP contribution >= 0.6 is 0 Å². The van der Waals surface area contributed by atoms with Crippen LogP contribution in [0.1, 0.15) is 11.1 Å². The molecule has 9 nitrogen and oxygen atoms in total. The molecular weight excluding hydrogens is 472 g/mol. The highest BCUT2D eigenvalue weighted by Gasteiger charge is 2.13. The van der Waals surface area contributed by atoms with Crippen LogP contribution in [0.2, 0.25) is 0 Å². The zero-order valence-corrected chi connectivity index (χ0v) is 22.7. The van der Waals surface area contributed by atoms with Crippen molar-refractivity contribution in [3.05, 3.63) is 35.4 Å². The van der Waals surface area contributed by atoms with E-state index in [0.29, 0.717) is 0 Å². The Morgan fingerprint density at radius 3 is 0.784 bits per heavy atom. The van der Waals surface area contributed by atoms with Gasteiger partial charge in [-0.2, -0.15) is 0 Å². The third-order valence-corrected chi connectivity index (χ3v) is 7.35. The van der Waals surface area contributed by atoms with Crippen LogP contribution in [0.4, 0.5) is 0 Å². The van der Waals surface area contributed by atoms with Crippen LogP contribution in [0.5, 0.6) is 0 Å². The monoisotopic (exact) mass is 520 g/mol. The Balaban J connectivity index is 1.41. The summed E-state index contributed by atoms with van der Waals surface area (Å²) in [7, 11) is 0. The quantitative estimate of drug-likeness (QED) is 0.499. The summed E-state index contributed by atoms with van der Waals surface area (Å²) >= 11 is 0. The number of hydrogen-bond acceptors (Lipinski definition) is 9. The van der Waals surface area contributed by atoms with Crippen LogP contribution in [0.25, 0.3) is 0 Å². The maximum absolute atomic E-state index is 6.02. The molecule has 210 valence electrons. The number of benzene rings is 1. The summed E-state index contributed by atoms with van der Waals surface area (Å²) < 4.78 is 30.1. The summed E-state index contributed by atoms with van der Waals surface area (Å²) in [6.45, 7) is 18.3. The molecule has 0 radical (unpaired) electrons. The summed E-state index contributed by atoms with van der Waals surface area (Å²) in [5, 5.41) is 0. The SMILES string of the molecule is c1cc2ccc1CN1CCOCCN(CCOCCN3CCOCCN(CCOCC3)C2)CCOCC1. The smallest absolute Gasteiger partial charge is 0.0594 e. The van der Waals surface area contributed by atoms with E-state index >= 15 is 0 Å². The van der Waals surface area contributed by atoms with Crippen molar-refractivity contribution in [3.63, 3.8) is 0 Å². The molecule has 0 atom stereocenters. The first kappa shape index (κ1) is 28.9. The summed E-state index contributed by atoms with van der Waals surface area (Å²) in [6.07, 6.45) is 0. The fraction of sp³-hybridized carbons (Fsp3) is 0.786. The van der Waals surface area contributed by atoms with Crippen LogP contribution in [-0.2, 0) is 36.8 Å². The molecule has 0 saturated carbocycles. The summed E-state index contributed by atoms with van der Waals surface area (Å²) in [5.41, 5.74) is 2.66. The lowest BCUT2D eigenvalue weighted by Crippen LogP contribution is -2.38. The Morgan fingerprint density at radius 2 is 0.541 bits per heavy atom. The van der Waals surface area contributed by atoms with Crippen molar-refractivity contribution in [2.24, 2.45) is 0 Å². The highest BCUT2D eigenvalue weighted by Crippen LogP contribution is 2.11. The van der Waals surface area contributed by atoms with Gasteiger partial charge in [-0.25, -0.2) is 0 Å². The molecule has 9 heteroatoms. The summed E-state index contributed by atoms with van der Waals surface area (Å²) in [4.78, 5) is 9.66. The number of rotatable bonds is 0. The highest BCUT2D eigenvalue weighted by atomic mass is 16.5.